The fourth-order valence-electron chi connectivity index (χ4n) is 30.4. The lowest BCUT2D eigenvalue weighted by atomic mass is 9.63. The highest BCUT2D eigenvalue weighted by Gasteiger charge is 2.72. The van der Waals surface area contributed by atoms with Crippen molar-refractivity contribution in [3.63, 3.8) is 0 Å². The van der Waals surface area contributed by atoms with E-state index >= 15 is 0 Å². The number of fused-ring (bicyclic) bond motifs is 37. The molecule has 33 atom stereocenters. The van der Waals surface area contributed by atoms with Gasteiger partial charge in [0.05, 0.1) is 28.1 Å². The Labute approximate surface area is 627 Å². The second kappa shape index (κ2) is 28.6. The van der Waals surface area contributed by atoms with E-state index in [1.54, 1.807) is 0 Å². The van der Waals surface area contributed by atoms with Crippen molar-refractivity contribution in [3.05, 3.63) is 0 Å². The second-order valence-corrected chi connectivity index (χ2v) is 42.8. The van der Waals surface area contributed by atoms with Crippen LogP contribution < -0.4 is 0 Å². The van der Waals surface area contributed by atoms with Gasteiger partial charge in [-0.1, -0.05) is 81.6 Å². The molecule has 0 saturated heterocycles. The summed E-state index contributed by atoms with van der Waals surface area (Å²) in [4.78, 5) is 62.3. The largest absolute Gasteiger partial charge is 0.459 e. The van der Waals surface area contributed by atoms with E-state index in [0.29, 0.717) is 29.6 Å². The highest BCUT2D eigenvalue weighted by Crippen LogP contribution is 2.75. The maximum atomic E-state index is 12.7. The summed E-state index contributed by atoms with van der Waals surface area (Å²) in [6, 6.07) is 0. The Morgan fingerprint density at radius 2 is 0.631 bits per heavy atom. The third-order valence-corrected chi connectivity index (χ3v) is 37.0. The van der Waals surface area contributed by atoms with Crippen LogP contribution >= 0.6 is 0 Å². The molecular weight excluding hydrogens is 1280 g/mol. The molecule has 0 aromatic carbocycles. The van der Waals surface area contributed by atoms with Gasteiger partial charge in [0.2, 0.25) is 0 Å². The maximum absolute atomic E-state index is 12.7. The highest BCUT2D eigenvalue weighted by molar-refractivity contribution is 5.77. The van der Waals surface area contributed by atoms with Crippen molar-refractivity contribution in [2.45, 2.75) is 371 Å². The van der Waals surface area contributed by atoms with Gasteiger partial charge in [0.25, 0.3) is 0 Å². The van der Waals surface area contributed by atoms with Gasteiger partial charge in [0.15, 0.2) is 0 Å². The molecule has 0 aromatic heterocycles. The quantitative estimate of drug-likeness (QED) is 0.0788. The summed E-state index contributed by atoms with van der Waals surface area (Å²) >= 11 is 0. The molecule has 18 fully saturated rings. The Bertz CT molecular complexity index is 3090. The first-order valence-corrected chi connectivity index (χ1v) is 44.9. The molecule has 0 N–H and O–H groups in total. The Morgan fingerprint density at radius 1 is 0.320 bits per heavy atom. The normalized spacial score (nSPS) is 48.0. The van der Waals surface area contributed by atoms with Crippen molar-refractivity contribution in [2.75, 3.05) is 0 Å². The Balaban J connectivity index is 0.000000109. The van der Waals surface area contributed by atoms with Crippen molar-refractivity contribution >= 4 is 29.8 Å². The van der Waals surface area contributed by atoms with Gasteiger partial charge in [0, 0.05) is 29.6 Å². The van der Waals surface area contributed by atoms with Crippen molar-refractivity contribution in [2.24, 2.45) is 182 Å². The van der Waals surface area contributed by atoms with Gasteiger partial charge in [-0.05, 0) is 386 Å². The van der Waals surface area contributed by atoms with Gasteiger partial charge in [-0.25, -0.2) is 0 Å². The minimum absolute atomic E-state index is 0.00345. The molecule has 582 valence electrons. The second-order valence-electron chi connectivity index (χ2n) is 42.8. The third-order valence-electron chi connectivity index (χ3n) is 37.0. The predicted octanol–water partition coefficient (Wildman–Crippen LogP) is 22.4. The summed E-state index contributed by atoms with van der Waals surface area (Å²) in [5.74, 6) is 23.2. The lowest BCUT2D eigenvalue weighted by Crippen LogP contribution is -2.49. The van der Waals surface area contributed by atoms with Gasteiger partial charge in [-0.3, -0.25) is 24.0 Å². The molecule has 0 aliphatic heterocycles. The van der Waals surface area contributed by atoms with Crippen molar-refractivity contribution in [3.8, 4) is 0 Å². The average Bonchev–Trinajstić information content (AvgIpc) is 1.56. The fourth-order valence-corrected chi connectivity index (χ4v) is 30.4. The lowest BCUT2D eigenvalue weighted by Gasteiger charge is -2.48. The highest BCUT2D eigenvalue weighted by atomic mass is 16.6. The monoisotopic (exact) mass is 1430 g/mol. The summed E-state index contributed by atoms with van der Waals surface area (Å²) < 4.78 is 30.8. The van der Waals surface area contributed by atoms with E-state index < -0.39 is 0 Å². The molecule has 10 nitrogen and oxygen atoms in total. The SMILES string of the molecule is CCC(C)(C)C(=O)OC1(C)CC2CC1C1C3CCC(C3)C21.CCC(C)(C)C(=O)OC1(C)CCCC2CCCCC21.CCC(C)(C)C(=O)OC1(CC)CC2CC1C1C3CCC(C3)C21.CCC(C)C(=O)OC1(C)CC2CC1C1C3CCC(C3)C21.CCC(C)C(=O)OC1(CC)CC2CC1C1C3CCC(C3)C21. The molecule has 0 spiro atoms. The van der Waals surface area contributed by atoms with Crippen LogP contribution in [0.4, 0.5) is 0 Å². The fraction of sp³-hybridized carbons (Fsp3) is 0.946. The zero-order chi connectivity index (χ0) is 73.6. The molecular formula is C93H150O10. The molecule has 103 heavy (non-hydrogen) atoms. The molecule has 18 aliphatic rings. The van der Waals surface area contributed by atoms with Crippen molar-refractivity contribution in [1.82, 2.24) is 0 Å². The predicted molar refractivity (Wildman–Crippen MR) is 408 cm³/mol. The van der Waals surface area contributed by atoms with Crippen LogP contribution in [-0.4, -0.2) is 57.9 Å². The van der Waals surface area contributed by atoms with E-state index in [1.807, 2.05) is 55.4 Å². The van der Waals surface area contributed by atoms with E-state index in [2.05, 4.69) is 69.2 Å². The molecule has 18 rings (SSSR count). The van der Waals surface area contributed by atoms with Gasteiger partial charge in [0.1, 0.15) is 28.0 Å². The van der Waals surface area contributed by atoms with Gasteiger partial charge >= 0.3 is 29.8 Å². The first-order valence-electron chi connectivity index (χ1n) is 44.9. The van der Waals surface area contributed by atoms with Crippen molar-refractivity contribution < 1.29 is 47.7 Å². The summed E-state index contributed by atoms with van der Waals surface area (Å²) in [5.41, 5.74) is -1.75. The zero-order valence-electron chi connectivity index (χ0n) is 68.8. The van der Waals surface area contributed by atoms with Crippen LogP contribution in [0.1, 0.15) is 343 Å². The standard InChI is InChI=1S/C20H32O2.2C19H30O2.C18H28O2.C17H30O2/c1-5-19(3,4)18(21)22-20(6-2)11-14-10-15(20)17-13-8-7-12(9-13)16(14)17;1-5-18(2,3)17(20)21-19(4)10-13-9-14(19)16-12-7-6-11(8-12)15(13)16;1-4-11(3)18(20)21-19(5-2)10-14-9-15(19)17-13-7-6-12(8-13)16(14)17;1-4-10(2)17(19)20-18(3)9-13-8-14(18)16-12-6-5-11(7-12)15(13)16;1-5-16(2,3)15(18)19-17(4)12-8-10-13-9-6-7-11-14(13)17/h12-17H,5-11H2,1-4H3;11-16H,5-10H2,1-4H3;11-17H,4-10H2,1-3H3;10-16H,4-9H2,1-3H3;13-14H,5-12H2,1-4H3. The first-order chi connectivity index (χ1) is 48.8. The minimum Gasteiger partial charge on any atom is -0.459 e. The van der Waals surface area contributed by atoms with Gasteiger partial charge in [-0.2, -0.15) is 0 Å². The molecule has 18 aliphatic carbocycles. The van der Waals surface area contributed by atoms with E-state index in [1.165, 1.54) is 148 Å². The molecule has 10 heteroatoms. The van der Waals surface area contributed by atoms with Crippen LogP contribution in [0.2, 0.25) is 0 Å². The number of ether oxygens (including phenoxy) is 5. The molecule has 0 aromatic rings. The Hall–Kier alpha value is -2.65. The average molecular weight is 1430 g/mol. The van der Waals surface area contributed by atoms with Crippen LogP contribution in [0.25, 0.3) is 0 Å². The van der Waals surface area contributed by atoms with E-state index in [9.17, 15) is 24.0 Å². The number of hydrogen-bond acceptors (Lipinski definition) is 10. The van der Waals surface area contributed by atoms with Gasteiger partial charge < -0.3 is 23.7 Å². The zero-order valence-corrected chi connectivity index (χ0v) is 68.8. The smallest absolute Gasteiger partial charge is 0.312 e. The number of rotatable bonds is 17. The summed E-state index contributed by atoms with van der Waals surface area (Å²) in [7, 11) is 0. The van der Waals surface area contributed by atoms with Crippen molar-refractivity contribution in [1.29, 1.82) is 0 Å². The molecule has 0 radical (unpaired) electrons. The van der Waals surface area contributed by atoms with E-state index in [-0.39, 0.29) is 85.9 Å². The molecule has 18 saturated carbocycles. The van der Waals surface area contributed by atoms with E-state index in [4.69, 9.17) is 23.7 Å². The minimum atomic E-state index is -0.343. The molecule has 0 amide bonds. The molecule has 0 heterocycles. The number of esters is 5. The van der Waals surface area contributed by atoms with Crippen LogP contribution in [-0.2, 0) is 47.7 Å². The molecule has 16 bridgehead atoms. The third kappa shape index (κ3) is 13.2. The van der Waals surface area contributed by atoms with Crippen LogP contribution in [0.3, 0.4) is 0 Å². The maximum Gasteiger partial charge on any atom is 0.312 e. The summed E-state index contributed by atoms with van der Waals surface area (Å²) in [6.07, 6.45) is 42.9. The number of carbonyl (C=O) groups is 5. The summed E-state index contributed by atoms with van der Waals surface area (Å²) in [5, 5.41) is 0. The summed E-state index contributed by atoms with van der Waals surface area (Å²) in [6.45, 7) is 37.7. The first kappa shape index (κ1) is 77.1. The topological polar surface area (TPSA) is 132 Å². The Kier molecular flexibility index (Phi) is 21.4. The van der Waals surface area contributed by atoms with E-state index in [0.717, 1.165) is 195 Å². The van der Waals surface area contributed by atoms with Crippen LogP contribution in [0.5, 0.6) is 0 Å². The lowest BCUT2D eigenvalue weighted by molar-refractivity contribution is -0.185. The van der Waals surface area contributed by atoms with Crippen LogP contribution in [0.15, 0.2) is 0 Å². The molecule has 33 unspecified atom stereocenters. The van der Waals surface area contributed by atoms with Crippen LogP contribution in [0, 0.1) is 182 Å². The Morgan fingerprint density at radius 3 is 1.02 bits per heavy atom. The van der Waals surface area contributed by atoms with Gasteiger partial charge in [-0.15, -0.1) is 0 Å². The number of hydrogen-bond donors (Lipinski definition) is 0. The number of carbonyl (C=O) groups excluding carboxylic acids is 5.